The number of carbonyl (C=O) groups is 4. The summed E-state index contributed by atoms with van der Waals surface area (Å²) in [6, 6.07) is -1.30. The van der Waals surface area contributed by atoms with Crippen molar-refractivity contribution in [2.75, 3.05) is 13.2 Å². The van der Waals surface area contributed by atoms with Crippen LogP contribution in [-0.4, -0.2) is 158 Å². The van der Waals surface area contributed by atoms with E-state index in [1.54, 1.807) is 0 Å². The maximum absolute atomic E-state index is 14.3. The first-order valence-corrected chi connectivity index (χ1v) is 30.7. The number of aliphatic hydroxyl groups is 6. The van der Waals surface area contributed by atoms with Gasteiger partial charge in [0.15, 0.2) is 18.7 Å². The summed E-state index contributed by atoms with van der Waals surface area (Å²) in [6.45, 7) is 14.0. The second-order valence-corrected chi connectivity index (χ2v) is 26.7. The van der Waals surface area contributed by atoms with E-state index in [9.17, 15) is 54.9 Å². The Hall–Kier alpha value is -2.36. The monoisotopic (exact) mass is 1100 g/mol. The molecule has 0 spiro atoms. The molecule has 0 aromatic heterocycles. The van der Waals surface area contributed by atoms with Crippen LogP contribution in [0.3, 0.4) is 0 Å². The van der Waals surface area contributed by atoms with Crippen LogP contribution in [-0.2, 0) is 42.9 Å². The Balaban J connectivity index is 0.900. The van der Waals surface area contributed by atoms with Crippen LogP contribution in [0.2, 0.25) is 0 Å². The first kappa shape index (κ1) is 61.7. The lowest BCUT2D eigenvalue weighted by Gasteiger charge is -2.62. The number of aliphatic carboxylic acids is 1. The van der Waals surface area contributed by atoms with Gasteiger partial charge in [-0.3, -0.25) is 14.4 Å². The van der Waals surface area contributed by atoms with Crippen molar-refractivity contribution in [3.8, 4) is 0 Å². The van der Waals surface area contributed by atoms with E-state index in [1.807, 2.05) is 6.92 Å². The molecule has 6 saturated carbocycles. The molecule has 6 aliphatic carbocycles. The average molecular weight is 1110 g/mol. The van der Waals surface area contributed by atoms with Crippen LogP contribution in [0.5, 0.6) is 0 Å². The maximum atomic E-state index is 14.3. The molecule has 9 N–H and O–H groups in total. The molecule has 0 bridgehead atoms. The normalized spacial score (nSPS) is 44.8. The summed E-state index contributed by atoms with van der Waals surface area (Å²) < 4.78 is 31.6. The highest BCUT2D eigenvalue weighted by atomic mass is 16.7. The first-order valence-electron chi connectivity index (χ1n) is 30.7. The molecule has 8 fully saturated rings. The molecule has 446 valence electrons. The lowest BCUT2D eigenvalue weighted by Crippen LogP contribution is -2.67. The zero-order valence-electron chi connectivity index (χ0n) is 47.9. The summed E-state index contributed by atoms with van der Waals surface area (Å²) in [5.74, 6) is 0.900. The van der Waals surface area contributed by atoms with Gasteiger partial charge in [0.2, 0.25) is 11.8 Å². The van der Waals surface area contributed by atoms with Crippen LogP contribution in [0.15, 0.2) is 0 Å². The lowest BCUT2D eigenvalue weighted by molar-refractivity contribution is -0.338. The minimum atomic E-state index is -1.65. The number of carboxylic acid groups (broad SMARTS) is 1. The number of nitrogens with one attached hydrogen (secondary N) is 2. The van der Waals surface area contributed by atoms with E-state index >= 15 is 0 Å². The number of carboxylic acids is 1. The van der Waals surface area contributed by atoms with Crippen molar-refractivity contribution in [2.24, 2.45) is 70.0 Å². The zero-order chi connectivity index (χ0) is 56.4. The van der Waals surface area contributed by atoms with Crippen LogP contribution in [0.25, 0.3) is 0 Å². The van der Waals surface area contributed by atoms with Gasteiger partial charge in [-0.1, -0.05) is 79.6 Å². The van der Waals surface area contributed by atoms with Gasteiger partial charge in [-0.15, -0.1) is 0 Å². The molecule has 5 unspecified atom stereocenters. The molecule has 2 heterocycles. The third-order valence-electron chi connectivity index (χ3n) is 21.9. The lowest BCUT2D eigenvalue weighted by atomic mass is 9.43. The van der Waals surface area contributed by atoms with Crippen molar-refractivity contribution in [1.82, 2.24) is 10.6 Å². The van der Waals surface area contributed by atoms with Crippen molar-refractivity contribution in [3.05, 3.63) is 0 Å². The molecule has 2 amide bonds. The van der Waals surface area contributed by atoms with Crippen LogP contribution >= 0.6 is 0 Å². The van der Waals surface area contributed by atoms with Crippen molar-refractivity contribution < 1.29 is 78.6 Å². The Morgan fingerprint density at radius 2 is 1.49 bits per heavy atom. The highest BCUT2D eigenvalue weighted by Crippen LogP contribution is 2.68. The number of Topliss-reactive ketones (excluding diaryl/α,β-unsaturated/α-hetero) is 1. The molecule has 18 heteroatoms. The van der Waals surface area contributed by atoms with E-state index in [4.69, 9.17) is 23.7 Å². The Morgan fingerprint density at radius 3 is 2.18 bits per heavy atom. The molecule has 2 saturated heterocycles. The van der Waals surface area contributed by atoms with Crippen LogP contribution in [0, 0.1) is 70.0 Å². The van der Waals surface area contributed by atoms with Gasteiger partial charge in [0.1, 0.15) is 48.4 Å². The Morgan fingerprint density at radius 1 is 0.769 bits per heavy atom. The van der Waals surface area contributed by atoms with Crippen molar-refractivity contribution >= 4 is 23.6 Å². The number of hydrogen-bond acceptors (Lipinski definition) is 15. The van der Waals surface area contributed by atoms with E-state index in [0.717, 1.165) is 63.7 Å². The summed E-state index contributed by atoms with van der Waals surface area (Å²) in [4.78, 5) is 53.4. The van der Waals surface area contributed by atoms with Gasteiger partial charge in [-0.2, -0.15) is 0 Å². The number of fused-ring (bicyclic) bond motifs is 5. The predicted octanol–water partition coefficient (Wildman–Crippen LogP) is 5.56. The van der Waals surface area contributed by atoms with Gasteiger partial charge < -0.3 is 70.1 Å². The van der Waals surface area contributed by atoms with Crippen LogP contribution in [0.1, 0.15) is 183 Å². The molecule has 0 aromatic carbocycles. The number of amides is 2. The zero-order valence-corrected chi connectivity index (χ0v) is 47.9. The third-order valence-corrected chi connectivity index (χ3v) is 21.9. The number of aliphatic hydroxyl groups excluding tert-OH is 6. The second-order valence-electron chi connectivity index (χ2n) is 26.7. The molecule has 25 atom stereocenters. The van der Waals surface area contributed by atoms with Gasteiger partial charge in [-0.05, 0) is 148 Å². The first-order chi connectivity index (χ1) is 37.1. The fraction of sp³-hybridized carbons (Fsp3) is 0.933. The van der Waals surface area contributed by atoms with Crippen molar-refractivity contribution in [3.63, 3.8) is 0 Å². The summed E-state index contributed by atoms with van der Waals surface area (Å²) >= 11 is 0. The van der Waals surface area contributed by atoms with Gasteiger partial charge >= 0.3 is 5.97 Å². The third kappa shape index (κ3) is 13.3. The number of carbonyl (C=O) groups excluding carboxylic acids is 3. The van der Waals surface area contributed by atoms with Gasteiger partial charge in [0.25, 0.3) is 0 Å². The summed E-state index contributed by atoms with van der Waals surface area (Å²) in [6.07, 6.45) is 0.622. The molecule has 78 heavy (non-hydrogen) atoms. The summed E-state index contributed by atoms with van der Waals surface area (Å²) in [5, 5.41) is 82.5. The highest BCUT2D eigenvalue weighted by molar-refractivity contribution is 5.81. The van der Waals surface area contributed by atoms with Crippen molar-refractivity contribution in [1.29, 1.82) is 0 Å². The quantitative estimate of drug-likeness (QED) is 0.0637. The standard InChI is InChI=1S/C60H100N2O16/c1-8-36-27-37(42(65)15-12-24-61-47(67)19-16-32(3)39-17-18-40-48-41(21-23-60(39,40)7)59(6)22-20-31(2)25-38(59)29-43(48)66)28-44(54(36)78-58-53(71)52(70)50(68)33(4)74-58)76-57-49(62-34(5)64)55(51(69)46(30-63)77-57)75-45(56(72)73)26-35-13-10-9-11-14-35/h31-33,35-41,43-46,48-55,57-58,63,66,68-71H,8-30H2,1-7H3,(H,61,67)(H,62,64)(H,72,73)/t31-,32-,33+,36-,37?,38+,39-,40+,41+,43-,44-,45+,46+,48+,49?,50+,51+,52?,53+,54-,55?,57-,58?,59+,60-/m1/s1. The second kappa shape index (κ2) is 26.5. The molecule has 8 aliphatic rings. The largest absolute Gasteiger partial charge is 0.479 e. The Bertz CT molecular complexity index is 2010. The minimum absolute atomic E-state index is 0.0411. The van der Waals surface area contributed by atoms with E-state index in [-0.39, 0.29) is 48.4 Å². The molecular formula is C60H100N2O16. The molecule has 2 aliphatic heterocycles. The Labute approximate surface area is 463 Å². The molecule has 8 rings (SSSR count). The number of rotatable bonds is 21. The number of ether oxygens (including phenoxy) is 5. The fourth-order valence-electron chi connectivity index (χ4n) is 17.4. The molecule has 0 radical (unpaired) electrons. The van der Waals surface area contributed by atoms with E-state index in [1.165, 1.54) is 46.0 Å². The highest BCUT2D eigenvalue weighted by Gasteiger charge is 2.63. The number of hydrogen-bond donors (Lipinski definition) is 9. The molecule has 18 nitrogen and oxygen atoms in total. The number of ketones is 1. The fourth-order valence-corrected chi connectivity index (χ4v) is 17.4. The SMILES string of the molecule is CC[C@@H]1CC(C(=O)CCCNC(=O)CC[C@@H](C)[C@H]2CC[C@H]3[C@@H]4[C@H](O)C[C@@H]5C[C@H](C)CC[C@]5(C)[C@H]4CC[C@]23C)C[C@@H](O[C@@H]2O[C@@H](CO)[C@H](O)C(O[C@@H](CC3CCCCC3)C(=O)O)C2NC(C)=O)[C@@H]1OC1O[C@@H](C)[C@H](O)C(O)[C@@H]1O. The van der Waals surface area contributed by atoms with Gasteiger partial charge in [0, 0.05) is 32.2 Å². The van der Waals surface area contributed by atoms with Crippen LogP contribution < -0.4 is 10.6 Å². The average Bonchev–Trinajstić information content (AvgIpc) is 3.87. The van der Waals surface area contributed by atoms with Crippen molar-refractivity contribution in [2.45, 2.75) is 269 Å². The van der Waals surface area contributed by atoms with E-state index < -0.39 is 110 Å². The topological polar surface area (TPSA) is 280 Å². The van der Waals surface area contributed by atoms with E-state index in [2.05, 4.69) is 38.3 Å². The summed E-state index contributed by atoms with van der Waals surface area (Å²) in [7, 11) is 0. The van der Waals surface area contributed by atoms with Crippen LogP contribution in [0.4, 0.5) is 0 Å². The summed E-state index contributed by atoms with van der Waals surface area (Å²) in [5.41, 5.74) is 0.481. The van der Waals surface area contributed by atoms with E-state index in [0.29, 0.717) is 73.2 Å². The molecular weight excluding hydrogens is 1000 g/mol. The smallest absolute Gasteiger partial charge is 0.332 e. The minimum Gasteiger partial charge on any atom is -0.479 e. The van der Waals surface area contributed by atoms with Gasteiger partial charge in [0.05, 0.1) is 31.0 Å². The van der Waals surface area contributed by atoms with Gasteiger partial charge in [-0.25, -0.2) is 4.79 Å². The predicted molar refractivity (Wildman–Crippen MR) is 287 cm³/mol. The maximum Gasteiger partial charge on any atom is 0.332 e. The molecule has 0 aromatic rings. The Kier molecular flexibility index (Phi) is 20.9.